The first-order chi connectivity index (χ1) is 5.65. The molecule has 1 saturated heterocycles. The zero-order valence-electron chi connectivity index (χ0n) is 6.95. The van der Waals surface area contributed by atoms with Crippen molar-refractivity contribution in [3.05, 3.63) is 0 Å². The Morgan fingerprint density at radius 3 is 2.67 bits per heavy atom. The summed E-state index contributed by atoms with van der Waals surface area (Å²) in [7, 11) is 0. The Balaban J connectivity index is 2.27. The molecule has 0 aromatic carbocycles. The molecule has 0 aliphatic carbocycles. The van der Waals surface area contributed by atoms with Gasteiger partial charge >= 0.3 is 5.97 Å². The molecule has 1 aliphatic heterocycles. The Kier molecular flexibility index (Phi) is 3.49. The van der Waals surface area contributed by atoms with Gasteiger partial charge in [-0.3, -0.25) is 4.79 Å². The summed E-state index contributed by atoms with van der Waals surface area (Å²) in [6.07, 6.45) is -0.719. The summed E-state index contributed by atoms with van der Waals surface area (Å²) >= 11 is 3.12. The molecule has 0 radical (unpaired) electrons. The van der Waals surface area contributed by atoms with E-state index in [4.69, 9.17) is 14.2 Å². The van der Waals surface area contributed by atoms with E-state index in [0.29, 0.717) is 6.61 Å². The Labute approximate surface area is 79.3 Å². The number of ether oxygens (including phenoxy) is 3. The van der Waals surface area contributed by atoms with Gasteiger partial charge in [0.05, 0.1) is 6.61 Å². The molecule has 1 heterocycles. The van der Waals surface area contributed by atoms with Crippen molar-refractivity contribution in [1.82, 2.24) is 0 Å². The van der Waals surface area contributed by atoms with Gasteiger partial charge in [0, 0.05) is 0 Å². The van der Waals surface area contributed by atoms with Crippen LogP contribution in [0.25, 0.3) is 0 Å². The van der Waals surface area contributed by atoms with Crippen LogP contribution in [0.1, 0.15) is 13.8 Å². The van der Waals surface area contributed by atoms with Crippen molar-refractivity contribution in [2.75, 3.05) is 6.61 Å². The summed E-state index contributed by atoms with van der Waals surface area (Å²) in [5, 5.41) is 0. The second-order valence-corrected chi connectivity index (χ2v) is 3.35. The van der Waals surface area contributed by atoms with Gasteiger partial charge in [-0.2, -0.15) is 0 Å². The molecule has 0 bridgehead atoms. The largest absolute Gasteiger partial charge is 0.465 e. The minimum absolute atomic E-state index is 0.218. The number of hydrogen-bond acceptors (Lipinski definition) is 4. The van der Waals surface area contributed by atoms with Crippen LogP contribution in [-0.4, -0.2) is 30.0 Å². The lowest BCUT2D eigenvalue weighted by Crippen LogP contribution is -2.47. The van der Waals surface area contributed by atoms with Gasteiger partial charge in [-0.15, -0.1) is 0 Å². The van der Waals surface area contributed by atoms with Crippen molar-refractivity contribution >= 4 is 21.9 Å². The normalized spacial score (nSPS) is 30.6. The van der Waals surface area contributed by atoms with Crippen LogP contribution < -0.4 is 0 Å². The minimum atomic E-state index is -0.520. The van der Waals surface area contributed by atoms with Crippen molar-refractivity contribution in [1.29, 1.82) is 0 Å². The van der Waals surface area contributed by atoms with Gasteiger partial charge in [0.25, 0.3) is 0 Å². The second-order valence-electron chi connectivity index (χ2n) is 2.36. The molecule has 1 aliphatic rings. The van der Waals surface area contributed by atoms with E-state index < -0.39 is 11.1 Å². The third kappa shape index (κ3) is 2.18. The average Bonchev–Trinajstić information content (AvgIpc) is 1.98. The van der Waals surface area contributed by atoms with Crippen LogP contribution in [0, 0.1) is 0 Å². The number of esters is 1. The fourth-order valence-electron chi connectivity index (χ4n) is 0.859. The highest BCUT2D eigenvalue weighted by Gasteiger charge is 2.38. The highest BCUT2D eigenvalue weighted by molar-refractivity contribution is 9.10. The van der Waals surface area contributed by atoms with Gasteiger partial charge in [0.1, 0.15) is 0 Å². The maximum absolute atomic E-state index is 11.1. The zero-order chi connectivity index (χ0) is 9.14. The topological polar surface area (TPSA) is 44.8 Å². The fourth-order valence-corrected chi connectivity index (χ4v) is 1.24. The molecule has 0 saturated carbocycles. The van der Waals surface area contributed by atoms with E-state index in [-0.39, 0.29) is 12.3 Å². The maximum Gasteiger partial charge on any atom is 0.324 e. The van der Waals surface area contributed by atoms with E-state index in [9.17, 15) is 4.79 Å². The molecule has 1 atom stereocenters. The van der Waals surface area contributed by atoms with Crippen LogP contribution in [0.15, 0.2) is 0 Å². The number of hydrogen-bond donors (Lipinski definition) is 0. The number of rotatable bonds is 3. The summed E-state index contributed by atoms with van der Waals surface area (Å²) in [5.41, 5.74) is 0. The third-order valence-electron chi connectivity index (χ3n) is 1.40. The van der Waals surface area contributed by atoms with E-state index in [0.717, 1.165) is 0 Å². The van der Waals surface area contributed by atoms with Gasteiger partial charge in [-0.25, -0.2) is 0 Å². The lowest BCUT2D eigenvalue weighted by atomic mass is 10.4. The van der Waals surface area contributed by atoms with Crippen LogP contribution in [0.3, 0.4) is 0 Å². The zero-order valence-corrected chi connectivity index (χ0v) is 8.54. The van der Waals surface area contributed by atoms with Crippen molar-refractivity contribution in [3.8, 4) is 0 Å². The summed E-state index contributed by atoms with van der Waals surface area (Å²) in [6.45, 7) is 3.88. The van der Waals surface area contributed by atoms with E-state index in [1.807, 2.05) is 0 Å². The summed E-state index contributed by atoms with van der Waals surface area (Å²) in [5.74, 6) is -0.352. The first-order valence-corrected chi connectivity index (χ1v) is 4.68. The van der Waals surface area contributed by atoms with Crippen LogP contribution in [0.4, 0.5) is 0 Å². The molecule has 12 heavy (non-hydrogen) atoms. The van der Waals surface area contributed by atoms with Crippen LogP contribution in [0.2, 0.25) is 0 Å². The fraction of sp³-hybridized carbons (Fsp3) is 0.857. The van der Waals surface area contributed by atoms with E-state index in [1.54, 1.807) is 13.8 Å². The second kappa shape index (κ2) is 4.20. The van der Waals surface area contributed by atoms with Crippen molar-refractivity contribution in [3.63, 3.8) is 0 Å². The Morgan fingerprint density at radius 1 is 1.67 bits per heavy atom. The molecule has 1 fully saturated rings. The van der Waals surface area contributed by atoms with Crippen LogP contribution >= 0.6 is 15.9 Å². The first kappa shape index (κ1) is 9.95. The monoisotopic (exact) mass is 238 g/mol. The van der Waals surface area contributed by atoms with Gasteiger partial charge in [0.15, 0.2) is 17.4 Å². The molecule has 4 nitrogen and oxygen atoms in total. The third-order valence-corrected chi connectivity index (χ3v) is 2.21. The van der Waals surface area contributed by atoms with Crippen molar-refractivity contribution < 1.29 is 19.0 Å². The maximum atomic E-state index is 11.1. The van der Waals surface area contributed by atoms with Crippen molar-refractivity contribution in [2.24, 2.45) is 0 Å². The minimum Gasteiger partial charge on any atom is -0.465 e. The molecule has 0 aromatic heterocycles. The molecule has 70 valence electrons. The Hall–Kier alpha value is -0.130. The molecule has 1 rings (SSSR count). The quantitative estimate of drug-likeness (QED) is 0.545. The number of carbonyl (C=O) groups is 1. The summed E-state index contributed by atoms with van der Waals surface area (Å²) in [4.78, 5) is 10.5. The lowest BCUT2D eigenvalue weighted by molar-refractivity contribution is -0.372. The summed E-state index contributed by atoms with van der Waals surface area (Å²) in [6, 6.07) is 0. The number of halogens is 1. The number of carbonyl (C=O) groups excluding carboxylic acids is 1. The molecule has 0 spiro atoms. The van der Waals surface area contributed by atoms with Gasteiger partial charge in [-0.05, 0) is 13.8 Å². The standard InChI is InChI=1S/C7H11BrO4/c1-3-10-6(9)5(8)7-11-4(2)12-7/h4-5,7H,3H2,1-2H3. The molecular formula is C7H11BrO4. The highest BCUT2D eigenvalue weighted by atomic mass is 79.9. The molecule has 0 aromatic rings. The van der Waals surface area contributed by atoms with E-state index in [2.05, 4.69) is 15.9 Å². The van der Waals surface area contributed by atoms with E-state index >= 15 is 0 Å². The number of alkyl halides is 1. The molecule has 1 unspecified atom stereocenters. The van der Waals surface area contributed by atoms with Crippen LogP contribution in [0.5, 0.6) is 0 Å². The predicted octanol–water partition coefficient (Wildman–Crippen LogP) is 1.03. The van der Waals surface area contributed by atoms with Gasteiger partial charge in [0.2, 0.25) is 0 Å². The van der Waals surface area contributed by atoms with E-state index in [1.165, 1.54) is 0 Å². The van der Waals surface area contributed by atoms with Gasteiger partial charge in [-0.1, -0.05) is 15.9 Å². The van der Waals surface area contributed by atoms with Gasteiger partial charge < -0.3 is 14.2 Å². The molecule has 0 amide bonds. The summed E-state index contributed by atoms with van der Waals surface area (Å²) < 4.78 is 14.9. The highest BCUT2D eigenvalue weighted by Crippen LogP contribution is 2.24. The predicted molar refractivity (Wildman–Crippen MR) is 44.8 cm³/mol. The Morgan fingerprint density at radius 2 is 2.25 bits per heavy atom. The van der Waals surface area contributed by atoms with Crippen molar-refractivity contribution in [2.45, 2.75) is 31.3 Å². The Bertz CT molecular complexity index is 167. The first-order valence-electron chi connectivity index (χ1n) is 3.76. The molecule has 0 N–H and O–H groups in total. The molecule has 5 heteroatoms. The lowest BCUT2D eigenvalue weighted by Gasteiger charge is -2.35. The van der Waals surface area contributed by atoms with Crippen LogP contribution in [-0.2, 0) is 19.0 Å². The average molecular weight is 239 g/mol. The smallest absolute Gasteiger partial charge is 0.324 e. The SMILES string of the molecule is CCOC(=O)C(Br)C1OC(C)O1. The molecular weight excluding hydrogens is 228 g/mol.